The van der Waals surface area contributed by atoms with Gasteiger partial charge in [0.2, 0.25) is 0 Å². The van der Waals surface area contributed by atoms with Crippen molar-refractivity contribution in [1.29, 1.82) is 0 Å². The molecule has 2 atom stereocenters. The van der Waals surface area contributed by atoms with Crippen molar-refractivity contribution < 1.29 is 19.4 Å². The van der Waals surface area contributed by atoms with E-state index in [4.69, 9.17) is 4.74 Å². The van der Waals surface area contributed by atoms with Crippen LogP contribution in [0.1, 0.15) is 33.1 Å². The summed E-state index contributed by atoms with van der Waals surface area (Å²) < 4.78 is 5.06. The van der Waals surface area contributed by atoms with Crippen LogP contribution in [0.4, 0.5) is 5.69 Å². The van der Waals surface area contributed by atoms with Gasteiger partial charge in [0.1, 0.15) is 17.6 Å². The number of carboxylic acids is 1. The average Bonchev–Trinajstić information content (AvgIpc) is 2.47. The van der Waals surface area contributed by atoms with Gasteiger partial charge in [-0.15, -0.1) is 0 Å². The Kier molecular flexibility index (Phi) is 6.72. The summed E-state index contributed by atoms with van der Waals surface area (Å²) in [5.74, 6) is -0.846. The third-order valence-electron chi connectivity index (χ3n) is 3.43. The van der Waals surface area contributed by atoms with Gasteiger partial charge in [0, 0.05) is 18.0 Å². The van der Waals surface area contributed by atoms with Crippen molar-refractivity contribution in [3.05, 3.63) is 24.3 Å². The molecule has 0 bridgehead atoms. The van der Waals surface area contributed by atoms with Gasteiger partial charge in [-0.05, 0) is 37.1 Å². The number of hydrogen-bond acceptors (Lipinski definition) is 4. The van der Waals surface area contributed by atoms with Crippen molar-refractivity contribution in [3.8, 4) is 5.75 Å². The summed E-state index contributed by atoms with van der Waals surface area (Å²) in [5, 5.41) is 12.4. The summed E-state index contributed by atoms with van der Waals surface area (Å²) in [6.45, 7) is 3.75. The molecule has 2 N–H and O–H groups in total. The van der Waals surface area contributed by atoms with E-state index in [2.05, 4.69) is 5.32 Å². The summed E-state index contributed by atoms with van der Waals surface area (Å²) >= 11 is 0. The van der Waals surface area contributed by atoms with E-state index in [0.717, 1.165) is 6.42 Å². The van der Waals surface area contributed by atoms with E-state index in [0.29, 0.717) is 24.3 Å². The summed E-state index contributed by atoms with van der Waals surface area (Å²) in [6.07, 6.45) is 1.63. The van der Waals surface area contributed by atoms with Gasteiger partial charge in [-0.1, -0.05) is 13.8 Å². The summed E-state index contributed by atoms with van der Waals surface area (Å²) in [7, 11) is 1.57. The fraction of sp³-hybridized carbons (Fsp3) is 0.500. The van der Waals surface area contributed by atoms with Crippen LogP contribution in [-0.4, -0.2) is 30.0 Å². The van der Waals surface area contributed by atoms with E-state index < -0.39 is 17.9 Å². The zero-order valence-electron chi connectivity index (χ0n) is 12.8. The number of rotatable bonds is 9. The lowest BCUT2D eigenvalue weighted by atomic mass is 9.90. The fourth-order valence-electron chi connectivity index (χ4n) is 2.28. The van der Waals surface area contributed by atoms with E-state index in [9.17, 15) is 14.7 Å². The molecule has 0 saturated carbocycles. The molecule has 0 fully saturated rings. The molecule has 1 aromatic carbocycles. The van der Waals surface area contributed by atoms with Gasteiger partial charge in [-0.2, -0.15) is 0 Å². The molecule has 0 aliphatic heterocycles. The normalized spacial score (nSPS) is 13.3. The molecule has 0 radical (unpaired) electrons. The van der Waals surface area contributed by atoms with Crippen molar-refractivity contribution in [2.24, 2.45) is 5.92 Å². The van der Waals surface area contributed by atoms with Gasteiger partial charge in [0.15, 0.2) is 0 Å². The number of anilines is 1. The Morgan fingerprint density at radius 1 is 1.24 bits per heavy atom. The third-order valence-corrected chi connectivity index (χ3v) is 3.43. The predicted molar refractivity (Wildman–Crippen MR) is 81.7 cm³/mol. The maximum Gasteiger partial charge on any atom is 0.326 e. The van der Waals surface area contributed by atoms with E-state index >= 15 is 0 Å². The number of carbonyl (C=O) groups is 2. The minimum Gasteiger partial charge on any atom is -0.497 e. The Hall–Kier alpha value is -2.04. The second-order valence-corrected chi connectivity index (χ2v) is 4.92. The van der Waals surface area contributed by atoms with Gasteiger partial charge >= 0.3 is 5.97 Å². The van der Waals surface area contributed by atoms with Crippen LogP contribution < -0.4 is 10.1 Å². The van der Waals surface area contributed by atoms with Crippen LogP contribution in [0, 0.1) is 5.92 Å². The number of Topliss-reactive ketones (excluding diaryl/α,β-unsaturated/α-hetero) is 1. The molecule has 0 aliphatic carbocycles. The third kappa shape index (κ3) is 4.77. The average molecular weight is 293 g/mol. The van der Waals surface area contributed by atoms with Crippen LogP contribution in [0.15, 0.2) is 24.3 Å². The highest BCUT2D eigenvalue weighted by Crippen LogP contribution is 2.21. The molecule has 1 rings (SSSR count). The molecule has 5 heteroatoms. The number of methoxy groups -OCH3 is 1. The molecule has 0 heterocycles. The smallest absolute Gasteiger partial charge is 0.326 e. The first-order valence-electron chi connectivity index (χ1n) is 7.19. The molecule has 1 aromatic rings. The number of ketones is 1. The lowest BCUT2D eigenvalue weighted by Gasteiger charge is -2.23. The molecule has 21 heavy (non-hydrogen) atoms. The highest BCUT2D eigenvalue weighted by Gasteiger charge is 2.31. The van der Waals surface area contributed by atoms with E-state index in [-0.39, 0.29) is 5.78 Å². The van der Waals surface area contributed by atoms with Gasteiger partial charge in [-0.3, -0.25) is 4.79 Å². The van der Waals surface area contributed by atoms with Gasteiger partial charge in [-0.25, -0.2) is 4.79 Å². The number of benzene rings is 1. The maximum atomic E-state index is 12.1. The SMILES string of the molecule is CCCC(=O)[C@H](CC)[C@H](Nc1ccc(OC)cc1)C(=O)O. The molecule has 0 aliphatic rings. The van der Waals surface area contributed by atoms with Crippen LogP contribution >= 0.6 is 0 Å². The number of aliphatic carboxylic acids is 1. The Labute approximate surface area is 125 Å². The van der Waals surface area contributed by atoms with Crippen LogP contribution in [0.5, 0.6) is 5.75 Å². The molecular formula is C16H23NO4. The number of carboxylic acid groups (broad SMARTS) is 1. The first-order chi connectivity index (χ1) is 10.0. The van der Waals surface area contributed by atoms with Gasteiger partial charge in [0.05, 0.1) is 7.11 Å². The van der Waals surface area contributed by atoms with Crippen molar-refractivity contribution in [2.75, 3.05) is 12.4 Å². The second kappa shape index (κ2) is 8.29. The van der Waals surface area contributed by atoms with Crippen molar-refractivity contribution in [2.45, 2.75) is 39.2 Å². The molecule has 0 amide bonds. The molecule has 0 saturated heterocycles. The second-order valence-electron chi connectivity index (χ2n) is 4.92. The molecule has 0 unspecified atom stereocenters. The van der Waals surface area contributed by atoms with Crippen molar-refractivity contribution in [3.63, 3.8) is 0 Å². The van der Waals surface area contributed by atoms with E-state index in [1.807, 2.05) is 13.8 Å². The van der Waals surface area contributed by atoms with Gasteiger partial charge < -0.3 is 15.2 Å². The Bertz CT molecular complexity index is 470. The van der Waals surface area contributed by atoms with E-state index in [1.54, 1.807) is 31.4 Å². The van der Waals surface area contributed by atoms with Crippen LogP contribution in [0.2, 0.25) is 0 Å². The standard InChI is InChI=1S/C16H23NO4/c1-4-6-14(18)13(5-2)15(16(19)20)17-11-7-9-12(21-3)10-8-11/h7-10,13,15,17H,4-6H2,1-3H3,(H,19,20)/t13-,15-/m0/s1. The Morgan fingerprint density at radius 3 is 2.29 bits per heavy atom. The van der Waals surface area contributed by atoms with Crippen LogP contribution in [0.25, 0.3) is 0 Å². The zero-order chi connectivity index (χ0) is 15.8. The lowest BCUT2D eigenvalue weighted by Crippen LogP contribution is -2.40. The largest absolute Gasteiger partial charge is 0.497 e. The Balaban J connectivity index is 2.89. The summed E-state index contributed by atoms with van der Waals surface area (Å²) in [6, 6.07) is 6.06. The minimum absolute atomic E-state index is 0.00610. The topological polar surface area (TPSA) is 75.6 Å². The van der Waals surface area contributed by atoms with E-state index in [1.165, 1.54) is 0 Å². The van der Waals surface area contributed by atoms with Crippen LogP contribution in [-0.2, 0) is 9.59 Å². The Morgan fingerprint density at radius 2 is 1.86 bits per heavy atom. The molecule has 0 aromatic heterocycles. The minimum atomic E-state index is -1.01. The molecule has 0 spiro atoms. The molecular weight excluding hydrogens is 270 g/mol. The van der Waals surface area contributed by atoms with Crippen molar-refractivity contribution in [1.82, 2.24) is 0 Å². The zero-order valence-corrected chi connectivity index (χ0v) is 12.8. The number of nitrogens with one attached hydrogen (secondary N) is 1. The number of ether oxygens (including phenoxy) is 1. The molecule has 5 nitrogen and oxygen atoms in total. The highest BCUT2D eigenvalue weighted by molar-refractivity contribution is 5.89. The van der Waals surface area contributed by atoms with Gasteiger partial charge in [0.25, 0.3) is 0 Å². The lowest BCUT2D eigenvalue weighted by molar-refractivity contribution is -0.142. The monoisotopic (exact) mass is 293 g/mol. The predicted octanol–water partition coefficient (Wildman–Crippen LogP) is 2.96. The van der Waals surface area contributed by atoms with Crippen molar-refractivity contribution >= 4 is 17.4 Å². The first-order valence-corrected chi connectivity index (χ1v) is 7.19. The fourth-order valence-corrected chi connectivity index (χ4v) is 2.28. The molecule has 116 valence electrons. The highest BCUT2D eigenvalue weighted by atomic mass is 16.5. The number of carbonyl (C=O) groups excluding carboxylic acids is 1. The summed E-state index contributed by atoms with van der Waals surface area (Å²) in [5.41, 5.74) is 0.658. The first kappa shape index (κ1) is 17.0. The quantitative estimate of drug-likeness (QED) is 0.732. The summed E-state index contributed by atoms with van der Waals surface area (Å²) in [4.78, 5) is 23.6. The maximum absolute atomic E-state index is 12.1. The van der Waals surface area contributed by atoms with Crippen LogP contribution in [0.3, 0.4) is 0 Å². The number of hydrogen-bond donors (Lipinski definition) is 2.